The molecule has 1 aromatic heterocycles. The Bertz CT molecular complexity index is 804. The third-order valence-corrected chi connectivity index (χ3v) is 3.54. The van der Waals surface area contributed by atoms with Gasteiger partial charge in [0.2, 0.25) is 5.91 Å². The molecule has 0 spiro atoms. The quantitative estimate of drug-likeness (QED) is 0.805. The number of rotatable bonds is 4. The standard InChI is InChI=1S/C17H18N4O/c1-20(16-10-11-21(2)19-16)12-17(22)18-15-9-5-7-13-6-3-4-8-14(13)15/h3-11H,12H2,1-2H3,(H,18,22). The molecule has 0 saturated carbocycles. The first-order valence-electron chi connectivity index (χ1n) is 7.12. The third kappa shape index (κ3) is 2.93. The van der Waals surface area contributed by atoms with Crippen LogP contribution < -0.4 is 10.2 Å². The summed E-state index contributed by atoms with van der Waals surface area (Å²) in [6.45, 7) is 0.250. The molecule has 2 aromatic carbocycles. The van der Waals surface area contributed by atoms with E-state index in [9.17, 15) is 4.79 Å². The molecular formula is C17H18N4O. The number of hydrogen-bond donors (Lipinski definition) is 1. The van der Waals surface area contributed by atoms with Gasteiger partial charge in [0, 0.05) is 37.4 Å². The molecule has 0 unspecified atom stereocenters. The zero-order valence-corrected chi connectivity index (χ0v) is 12.7. The van der Waals surface area contributed by atoms with Crippen LogP contribution >= 0.6 is 0 Å². The monoisotopic (exact) mass is 294 g/mol. The Morgan fingerprint density at radius 2 is 1.95 bits per heavy atom. The molecule has 0 aliphatic heterocycles. The molecule has 5 nitrogen and oxygen atoms in total. The number of nitrogens with one attached hydrogen (secondary N) is 1. The molecule has 112 valence electrons. The molecule has 1 heterocycles. The third-order valence-electron chi connectivity index (χ3n) is 3.54. The summed E-state index contributed by atoms with van der Waals surface area (Å²) in [5.74, 6) is 0.708. The van der Waals surface area contributed by atoms with E-state index in [4.69, 9.17) is 0 Å². The fourth-order valence-electron chi connectivity index (χ4n) is 2.43. The van der Waals surface area contributed by atoms with Crippen molar-refractivity contribution in [2.75, 3.05) is 23.8 Å². The van der Waals surface area contributed by atoms with Crippen molar-refractivity contribution in [2.45, 2.75) is 0 Å². The highest BCUT2D eigenvalue weighted by molar-refractivity contribution is 6.03. The summed E-state index contributed by atoms with van der Waals surface area (Å²) in [6, 6.07) is 15.8. The average molecular weight is 294 g/mol. The summed E-state index contributed by atoms with van der Waals surface area (Å²) in [5, 5.41) is 9.41. The van der Waals surface area contributed by atoms with E-state index in [0.717, 1.165) is 22.3 Å². The second-order valence-electron chi connectivity index (χ2n) is 5.28. The van der Waals surface area contributed by atoms with Crippen molar-refractivity contribution < 1.29 is 4.79 Å². The highest BCUT2D eigenvalue weighted by Crippen LogP contribution is 2.22. The number of anilines is 2. The van der Waals surface area contributed by atoms with Crippen LogP contribution in [0.1, 0.15) is 0 Å². The first-order chi connectivity index (χ1) is 10.6. The van der Waals surface area contributed by atoms with E-state index in [-0.39, 0.29) is 12.5 Å². The van der Waals surface area contributed by atoms with E-state index >= 15 is 0 Å². The van der Waals surface area contributed by atoms with Gasteiger partial charge in [-0.05, 0) is 11.5 Å². The molecule has 1 N–H and O–H groups in total. The lowest BCUT2D eigenvalue weighted by molar-refractivity contribution is -0.114. The van der Waals surface area contributed by atoms with E-state index in [2.05, 4.69) is 10.4 Å². The maximum Gasteiger partial charge on any atom is 0.243 e. The van der Waals surface area contributed by atoms with Crippen molar-refractivity contribution in [3.05, 3.63) is 54.7 Å². The molecule has 3 rings (SSSR count). The number of aromatic nitrogens is 2. The van der Waals surface area contributed by atoms with Crippen molar-refractivity contribution in [1.82, 2.24) is 9.78 Å². The van der Waals surface area contributed by atoms with Crippen molar-refractivity contribution >= 4 is 28.2 Å². The summed E-state index contributed by atoms with van der Waals surface area (Å²) >= 11 is 0. The van der Waals surface area contributed by atoms with Gasteiger partial charge in [0.25, 0.3) is 0 Å². The van der Waals surface area contributed by atoms with Gasteiger partial charge < -0.3 is 10.2 Å². The van der Waals surface area contributed by atoms with Crippen LogP contribution in [0.3, 0.4) is 0 Å². The van der Waals surface area contributed by atoms with E-state index < -0.39 is 0 Å². The van der Waals surface area contributed by atoms with Gasteiger partial charge in [0.15, 0.2) is 5.82 Å². The number of fused-ring (bicyclic) bond motifs is 1. The average Bonchev–Trinajstić information content (AvgIpc) is 2.94. The van der Waals surface area contributed by atoms with Gasteiger partial charge in [-0.15, -0.1) is 0 Å². The number of hydrogen-bond acceptors (Lipinski definition) is 3. The van der Waals surface area contributed by atoms with E-state index in [1.807, 2.05) is 73.7 Å². The fraction of sp³-hybridized carbons (Fsp3) is 0.176. The number of benzene rings is 2. The maximum absolute atomic E-state index is 12.3. The summed E-state index contributed by atoms with van der Waals surface area (Å²) in [4.78, 5) is 14.1. The largest absolute Gasteiger partial charge is 0.349 e. The number of likely N-dealkylation sites (N-methyl/N-ethyl adjacent to an activating group) is 1. The van der Waals surface area contributed by atoms with Gasteiger partial charge in [-0.3, -0.25) is 9.48 Å². The van der Waals surface area contributed by atoms with Gasteiger partial charge in [-0.2, -0.15) is 5.10 Å². The molecule has 1 amide bonds. The van der Waals surface area contributed by atoms with Gasteiger partial charge in [0.1, 0.15) is 0 Å². The lowest BCUT2D eigenvalue weighted by Crippen LogP contribution is -2.30. The molecule has 3 aromatic rings. The minimum atomic E-state index is -0.0653. The molecule has 0 atom stereocenters. The van der Waals surface area contributed by atoms with Crippen molar-refractivity contribution in [3.8, 4) is 0 Å². The zero-order valence-electron chi connectivity index (χ0n) is 12.7. The predicted octanol–water partition coefficient (Wildman–Crippen LogP) is 2.65. The predicted molar refractivity (Wildman–Crippen MR) is 89.1 cm³/mol. The minimum Gasteiger partial charge on any atom is -0.349 e. The van der Waals surface area contributed by atoms with Crippen LogP contribution in [0.2, 0.25) is 0 Å². The number of carbonyl (C=O) groups is 1. The summed E-state index contributed by atoms with van der Waals surface area (Å²) in [7, 11) is 3.71. The van der Waals surface area contributed by atoms with Crippen LogP contribution in [0.15, 0.2) is 54.7 Å². The number of carbonyl (C=O) groups excluding carboxylic acids is 1. The molecule has 0 aliphatic rings. The van der Waals surface area contributed by atoms with Crippen LogP contribution in [0.4, 0.5) is 11.5 Å². The maximum atomic E-state index is 12.3. The zero-order chi connectivity index (χ0) is 15.5. The number of aryl methyl sites for hydroxylation is 1. The Labute approximate surface area is 129 Å². The molecular weight excluding hydrogens is 276 g/mol. The van der Waals surface area contributed by atoms with E-state index in [1.165, 1.54) is 0 Å². The Hall–Kier alpha value is -2.82. The van der Waals surface area contributed by atoms with Crippen LogP contribution in [0, 0.1) is 0 Å². The Morgan fingerprint density at radius 1 is 1.18 bits per heavy atom. The van der Waals surface area contributed by atoms with Crippen molar-refractivity contribution in [3.63, 3.8) is 0 Å². The lowest BCUT2D eigenvalue weighted by atomic mass is 10.1. The van der Waals surface area contributed by atoms with Gasteiger partial charge in [-0.25, -0.2) is 0 Å². The second-order valence-corrected chi connectivity index (χ2v) is 5.28. The van der Waals surface area contributed by atoms with Crippen molar-refractivity contribution in [2.24, 2.45) is 7.05 Å². The van der Waals surface area contributed by atoms with Gasteiger partial charge in [0.05, 0.1) is 6.54 Å². The van der Waals surface area contributed by atoms with E-state index in [0.29, 0.717) is 0 Å². The van der Waals surface area contributed by atoms with Crippen LogP contribution in [-0.4, -0.2) is 29.3 Å². The Balaban J connectivity index is 1.73. The fourth-order valence-corrected chi connectivity index (χ4v) is 2.43. The first kappa shape index (κ1) is 14.1. The van der Waals surface area contributed by atoms with Crippen molar-refractivity contribution in [1.29, 1.82) is 0 Å². The molecule has 0 saturated heterocycles. The Kier molecular flexibility index (Phi) is 3.78. The number of nitrogens with zero attached hydrogens (tertiary/aromatic N) is 3. The van der Waals surface area contributed by atoms with Crippen LogP contribution in [0.5, 0.6) is 0 Å². The minimum absolute atomic E-state index is 0.0653. The topological polar surface area (TPSA) is 50.2 Å². The highest BCUT2D eigenvalue weighted by Gasteiger charge is 2.11. The first-order valence-corrected chi connectivity index (χ1v) is 7.12. The van der Waals surface area contributed by atoms with Gasteiger partial charge >= 0.3 is 0 Å². The molecule has 0 aliphatic carbocycles. The van der Waals surface area contributed by atoms with Crippen LogP contribution in [-0.2, 0) is 11.8 Å². The highest BCUT2D eigenvalue weighted by atomic mass is 16.2. The second kappa shape index (κ2) is 5.89. The van der Waals surface area contributed by atoms with Crippen LogP contribution in [0.25, 0.3) is 10.8 Å². The summed E-state index contributed by atoms with van der Waals surface area (Å²) in [6.07, 6.45) is 1.86. The normalized spacial score (nSPS) is 10.6. The van der Waals surface area contributed by atoms with Gasteiger partial charge in [-0.1, -0.05) is 36.4 Å². The molecule has 22 heavy (non-hydrogen) atoms. The Morgan fingerprint density at radius 3 is 2.73 bits per heavy atom. The molecule has 0 fully saturated rings. The smallest absolute Gasteiger partial charge is 0.243 e. The molecule has 0 bridgehead atoms. The summed E-state index contributed by atoms with van der Waals surface area (Å²) in [5.41, 5.74) is 0.831. The molecule has 5 heteroatoms. The van der Waals surface area contributed by atoms with E-state index in [1.54, 1.807) is 4.68 Å². The lowest BCUT2D eigenvalue weighted by Gasteiger charge is -2.16. The summed E-state index contributed by atoms with van der Waals surface area (Å²) < 4.78 is 1.72. The SMILES string of the molecule is CN(CC(=O)Nc1cccc2ccccc12)c1ccn(C)n1. The number of amides is 1. The molecule has 0 radical (unpaired) electrons.